The Balaban J connectivity index is 2.29. The molecule has 0 radical (unpaired) electrons. The van der Waals surface area contributed by atoms with Crippen LogP contribution in [0.25, 0.3) is 0 Å². The number of carboxylic acid groups (broad SMARTS) is 1. The molecule has 1 aliphatic rings. The Kier molecular flexibility index (Phi) is 4.19. The molecule has 3 heteroatoms. The van der Waals surface area contributed by atoms with Crippen molar-refractivity contribution in [1.29, 1.82) is 0 Å². The van der Waals surface area contributed by atoms with Gasteiger partial charge < -0.3 is 5.11 Å². The summed E-state index contributed by atoms with van der Waals surface area (Å²) < 4.78 is 0. The molecule has 1 N–H and O–H groups in total. The van der Waals surface area contributed by atoms with Crippen molar-refractivity contribution < 1.29 is 9.90 Å². The molecular weight excluding hydrogens is 250 g/mol. The number of aryl methyl sites for hydroxylation is 3. The lowest BCUT2D eigenvalue weighted by Gasteiger charge is -2.34. The molecule has 1 fully saturated rings. The Bertz CT molecular complexity index is 524. The number of benzene rings is 1. The second kappa shape index (κ2) is 5.57. The molecule has 0 saturated carbocycles. The van der Waals surface area contributed by atoms with Gasteiger partial charge in [-0.25, -0.2) is 0 Å². The normalized spacial score (nSPS) is 23.2. The van der Waals surface area contributed by atoms with Crippen LogP contribution in [-0.2, 0) is 11.3 Å². The maximum absolute atomic E-state index is 11.7. The van der Waals surface area contributed by atoms with E-state index in [0.29, 0.717) is 6.42 Å². The molecule has 1 saturated heterocycles. The number of hydrogen-bond donors (Lipinski definition) is 1. The number of hydrogen-bond acceptors (Lipinski definition) is 2. The number of nitrogens with zero attached hydrogens (tertiary/aromatic N) is 1. The molecule has 1 aliphatic heterocycles. The second-order valence-electron chi connectivity index (χ2n) is 6.08. The Hall–Kier alpha value is -1.35. The number of rotatable bonds is 4. The van der Waals surface area contributed by atoms with Gasteiger partial charge in [0.25, 0.3) is 0 Å². The second-order valence-corrected chi connectivity index (χ2v) is 6.08. The maximum Gasteiger partial charge on any atom is 0.324 e. The van der Waals surface area contributed by atoms with Crippen molar-refractivity contribution in [2.24, 2.45) is 0 Å². The largest absolute Gasteiger partial charge is 0.480 e. The van der Waals surface area contributed by atoms with Crippen molar-refractivity contribution >= 4 is 5.97 Å². The zero-order valence-electron chi connectivity index (χ0n) is 13.0. The van der Waals surface area contributed by atoms with Crippen LogP contribution >= 0.6 is 0 Å². The van der Waals surface area contributed by atoms with Gasteiger partial charge in [-0.3, -0.25) is 9.69 Å². The van der Waals surface area contributed by atoms with E-state index in [1.54, 1.807) is 0 Å². The fraction of sp³-hybridized carbons (Fsp3) is 0.588. The number of carbonyl (C=O) groups is 1. The third-order valence-electron chi connectivity index (χ3n) is 4.92. The van der Waals surface area contributed by atoms with Gasteiger partial charge in [-0.2, -0.15) is 0 Å². The number of carboxylic acids is 1. The van der Waals surface area contributed by atoms with Crippen molar-refractivity contribution in [3.8, 4) is 0 Å². The lowest BCUT2D eigenvalue weighted by molar-refractivity contribution is -0.150. The van der Waals surface area contributed by atoms with Gasteiger partial charge in [0.15, 0.2) is 0 Å². The molecule has 110 valence electrons. The molecular formula is C17H25NO2. The zero-order chi connectivity index (χ0) is 14.9. The molecule has 1 aromatic rings. The molecule has 0 spiro atoms. The maximum atomic E-state index is 11.7. The van der Waals surface area contributed by atoms with Gasteiger partial charge in [-0.05, 0) is 68.8 Å². The lowest BCUT2D eigenvalue weighted by atomic mass is 9.92. The van der Waals surface area contributed by atoms with E-state index in [9.17, 15) is 9.90 Å². The van der Waals surface area contributed by atoms with Crippen LogP contribution in [0.15, 0.2) is 12.1 Å². The van der Waals surface area contributed by atoms with Crippen molar-refractivity contribution in [2.45, 2.75) is 59.0 Å². The fourth-order valence-corrected chi connectivity index (χ4v) is 3.35. The van der Waals surface area contributed by atoms with Crippen LogP contribution in [0.5, 0.6) is 0 Å². The van der Waals surface area contributed by atoms with E-state index >= 15 is 0 Å². The van der Waals surface area contributed by atoms with Gasteiger partial charge in [-0.15, -0.1) is 0 Å². The van der Waals surface area contributed by atoms with Crippen molar-refractivity contribution in [1.82, 2.24) is 4.90 Å². The minimum absolute atomic E-state index is 0.661. The molecule has 0 amide bonds. The summed E-state index contributed by atoms with van der Waals surface area (Å²) in [5.41, 5.74) is 4.44. The Morgan fingerprint density at radius 1 is 1.25 bits per heavy atom. The monoisotopic (exact) mass is 275 g/mol. The molecule has 3 nitrogen and oxygen atoms in total. The van der Waals surface area contributed by atoms with E-state index in [4.69, 9.17) is 0 Å². The highest BCUT2D eigenvalue weighted by molar-refractivity contribution is 5.79. The summed E-state index contributed by atoms with van der Waals surface area (Å²) in [7, 11) is 0. The molecule has 1 heterocycles. The first-order chi connectivity index (χ1) is 9.40. The van der Waals surface area contributed by atoms with Crippen LogP contribution in [0.3, 0.4) is 0 Å². The van der Waals surface area contributed by atoms with Gasteiger partial charge in [0, 0.05) is 6.54 Å². The molecule has 1 atom stereocenters. The van der Waals surface area contributed by atoms with Gasteiger partial charge in [-0.1, -0.05) is 19.1 Å². The smallest absolute Gasteiger partial charge is 0.324 e. The summed E-state index contributed by atoms with van der Waals surface area (Å²) in [6.07, 6.45) is 2.42. The standard InChI is InChI=1S/C17H25NO2/c1-5-17(16(19)20)7-6-8-18(17)11-15-10-13(3)12(2)9-14(15)4/h9-10H,5-8,11H2,1-4H3,(H,19,20). The average molecular weight is 275 g/mol. The molecule has 20 heavy (non-hydrogen) atoms. The minimum atomic E-state index is -0.668. The summed E-state index contributed by atoms with van der Waals surface area (Å²) in [5, 5.41) is 9.64. The topological polar surface area (TPSA) is 40.5 Å². The highest BCUT2D eigenvalue weighted by Gasteiger charge is 2.45. The van der Waals surface area contributed by atoms with E-state index in [1.165, 1.54) is 22.3 Å². The Labute approximate surface area is 121 Å². The van der Waals surface area contributed by atoms with E-state index < -0.39 is 11.5 Å². The van der Waals surface area contributed by atoms with Crippen LogP contribution in [-0.4, -0.2) is 28.1 Å². The SMILES string of the molecule is CCC1(C(=O)O)CCCN1Cc1cc(C)c(C)cc1C. The summed E-state index contributed by atoms with van der Waals surface area (Å²) in [5.74, 6) is -0.668. The van der Waals surface area contributed by atoms with E-state index in [2.05, 4.69) is 37.8 Å². The molecule has 0 aliphatic carbocycles. The first-order valence-electron chi connectivity index (χ1n) is 7.46. The third kappa shape index (κ3) is 2.47. The number of likely N-dealkylation sites (tertiary alicyclic amines) is 1. The minimum Gasteiger partial charge on any atom is -0.480 e. The first kappa shape index (κ1) is 15.0. The van der Waals surface area contributed by atoms with Crippen LogP contribution in [0, 0.1) is 20.8 Å². The lowest BCUT2D eigenvalue weighted by Crippen LogP contribution is -2.49. The first-order valence-corrected chi connectivity index (χ1v) is 7.46. The summed E-state index contributed by atoms with van der Waals surface area (Å²) in [6.45, 7) is 9.97. The quantitative estimate of drug-likeness (QED) is 0.915. The Morgan fingerprint density at radius 3 is 2.50 bits per heavy atom. The molecule has 1 aromatic carbocycles. The summed E-state index contributed by atoms with van der Waals surface area (Å²) in [4.78, 5) is 13.9. The van der Waals surface area contributed by atoms with E-state index in [-0.39, 0.29) is 0 Å². The van der Waals surface area contributed by atoms with Gasteiger partial charge in [0.05, 0.1) is 0 Å². The predicted molar refractivity (Wildman–Crippen MR) is 81.0 cm³/mol. The van der Waals surface area contributed by atoms with Gasteiger partial charge in [0.1, 0.15) is 5.54 Å². The molecule has 0 aromatic heterocycles. The molecule has 0 bridgehead atoms. The van der Waals surface area contributed by atoms with Crippen molar-refractivity contribution in [3.63, 3.8) is 0 Å². The molecule has 2 rings (SSSR count). The summed E-state index contributed by atoms with van der Waals surface area (Å²) in [6, 6.07) is 4.42. The number of aliphatic carboxylic acids is 1. The van der Waals surface area contributed by atoms with Crippen molar-refractivity contribution in [3.05, 3.63) is 34.4 Å². The highest BCUT2D eigenvalue weighted by atomic mass is 16.4. The molecule has 1 unspecified atom stereocenters. The summed E-state index contributed by atoms with van der Waals surface area (Å²) >= 11 is 0. The van der Waals surface area contributed by atoms with Crippen LogP contribution in [0.1, 0.15) is 48.4 Å². The zero-order valence-corrected chi connectivity index (χ0v) is 13.0. The van der Waals surface area contributed by atoms with Gasteiger partial charge >= 0.3 is 5.97 Å². The average Bonchev–Trinajstić information content (AvgIpc) is 2.80. The van der Waals surface area contributed by atoms with Crippen LogP contribution in [0.2, 0.25) is 0 Å². The predicted octanol–water partition coefficient (Wildman–Crippen LogP) is 3.44. The Morgan fingerprint density at radius 2 is 1.90 bits per heavy atom. The van der Waals surface area contributed by atoms with E-state index in [0.717, 1.165) is 25.9 Å². The van der Waals surface area contributed by atoms with Crippen molar-refractivity contribution in [2.75, 3.05) is 6.54 Å². The van der Waals surface area contributed by atoms with E-state index in [1.807, 2.05) is 6.92 Å². The van der Waals surface area contributed by atoms with Crippen LogP contribution < -0.4 is 0 Å². The third-order valence-corrected chi connectivity index (χ3v) is 4.92. The van der Waals surface area contributed by atoms with Crippen LogP contribution in [0.4, 0.5) is 0 Å². The highest BCUT2D eigenvalue weighted by Crippen LogP contribution is 2.34. The van der Waals surface area contributed by atoms with Gasteiger partial charge in [0.2, 0.25) is 0 Å². The fourth-order valence-electron chi connectivity index (χ4n) is 3.35.